The maximum atomic E-state index is 11.9. The summed E-state index contributed by atoms with van der Waals surface area (Å²) in [5.41, 5.74) is 0.875. The Morgan fingerprint density at radius 2 is 2.18 bits per heavy atom. The smallest absolute Gasteiger partial charge is 0.225 e. The summed E-state index contributed by atoms with van der Waals surface area (Å²) in [6, 6.07) is 7.03. The zero-order valence-electron chi connectivity index (χ0n) is 12.2. The lowest BCUT2D eigenvalue weighted by molar-refractivity contribution is -0.116. The predicted octanol–water partition coefficient (Wildman–Crippen LogP) is 3.81. The van der Waals surface area contributed by atoms with Crippen molar-refractivity contribution in [3.05, 3.63) is 40.0 Å². The summed E-state index contributed by atoms with van der Waals surface area (Å²) < 4.78 is 1.49. The van der Waals surface area contributed by atoms with Gasteiger partial charge in [0.15, 0.2) is 5.82 Å². The van der Waals surface area contributed by atoms with E-state index in [0.29, 0.717) is 33.7 Å². The van der Waals surface area contributed by atoms with Gasteiger partial charge in [0, 0.05) is 18.5 Å². The number of aromatic nitrogens is 2. The number of anilines is 1. The Bertz CT molecular complexity index is 748. The Balaban J connectivity index is 2.65. The molecule has 1 heterocycles. The van der Waals surface area contributed by atoms with E-state index >= 15 is 0 Å². The molecule has 2 aromatic rings. The van der Waals surface area contributed by atoms with Gasteiger partial charge in [0.1, 0.15) is 11.6 Å². The van der Waals surface area contributed by atoms with Crippen LogP contribution in [0, 0.1) is 11.3 Å². The van der Waals surface area contributed by atoms with Gasteiger partial charge < -0.3 is 0 Å². The summed E-state index contributed by atoms with van der Waals surface area (Å²) in [7, 11) is 0. The first kappa shape index (κ1) is 16.3. The molecule has 7 heteroatoms. The lowest BCUT2D eigenvalue weighted by Crippen LogP contribution is -2.31. The van der Waals surface area contributed by atoms with E-state index in [4.69, 9.17) is 23.2 Å². The van der Waals surface area contributed by atoms with Crippen molar-refractivity contribution in [3.63, 3.8) is 0 Å². The van der Waals surface area contributed by atoms with Crippen molar-refractivity contribution in [2.24, 2.45) is 0 Å². The van der Waals surface area contributed by atoms with Crippen LogP contribution < -0.4 is 4.90 Å². The van der Waals surface area contributed by atoms with E-state index in [2.05, 4.69) is 11.2 Å². The molecular weight excluding hydrogens is 323 g/mol. The fraction of sp³-hybridized carbons (Fsp3) is 0.267. The van der Waals surface area contributed by atoms with Gasteiger partial charge in [0.2, 0.25) is 5.91 Å². The molecule has 0 saturated carbocycles. The molecule has 0 aliphatic heterocycles. The zero-order chi connectivity index (χ0) is 16.3. The monoisotopic (exact) mass is 336 g/mol. The van der Waals surface area contributed by atoms with Crippen LogP contribution in [0.25, 0.3) is 5.69 Å². The van der Waals surface area contributed by atoms with E-state index in [1.54, 1.807) is 18.2 Å². The molecule has 0 saturated heterocycles. The molecule has 0 radical (unpaired) electrons. The SMILES string of the molecule is CCCN(C(C)=O)c1c(C#N)cnn1-c1ccc(Cl)cc1Cl. The average Bonchev–Trinajstić information content (AvgIpc) is 2.87. The Hall–Kier alpha value is -2.03. The van der Waals surface area contributed by atoms with Crippen molar-refractivity contribution in [3.8, 4) is 11.8 Å². The molecule has 0 spiro atoms. The zero-order valence-corrected chi connectivity index (χ0v) is 13.7. The van der Waals surface area contributed by atoms with Crippen LogP contribution in [-0.2, 0) is 4.79 Å². The van der Waals surface area contributed by atoms with Crippen LogP contribution in [0.15, 0.2) is 24.4 Å². The second-order valence-electron chi connectivity index (χ2n) is 4.67. The van der Waals surface area contributed by atoms with Crippen molar-refractivity contribution < 1.29 is 4.79 Å². The molecule has 0 aliphatic rings. The minimum Gasteiger partial charge on any atom is -0.296 e. The predicted molar refractivity (Wildman–Crippen MR) is 86.6 cm³/mol. The Kier molecular flexibility index (Phi) is 5.07. The molecule has 0 N–H and O–H groups in total. The number of hydrogen-bond acceptors (Lipinski definition) is 3. The topological polar surface area (TPSA) is 61.9 Å². The van der Waals surface area contributed by atoms with Gasteiger partial charge in [-0.15, -0.1) is 0 Å². The molecule has 0 bridgehead atoms. The molecule has 2 rings (SSSR count). The fourth-order valence-electron chi connectivity index (χ4n) is 2.15. The van der Waals surface area contributed by atoms with Crippen molar-refractivity contribution >= 4 is 34.9 Å². The van der Waals surface area contributed by atoms with Crippen LogP contribution in [0.4, 0.5) is 5.82 Å². The largest absolute Gasteiger partial charge is 0.296 e. The second-order valence-corrected chi connectivity index (χ2v) is 5.52. The molecule has 22 heavy (non-hydrogen) atoms. The quantitative estimate of drug-likeness (QED) is 0.852. The second kappa shape index (κ2) is 6.82. The van der Waals surface area contributed by atoms with E-state index in [1.807, 2.05) is 6.92 Å². The summed E-state index contributed by atoms with van der Waals surface area (Å²) in [4.78, 5) is 13.5. The Labute approximate surface area is 138 Å². The minimum absolute atomic E-state index is 0.162. The van der Waals surface area contributed by atoms with Crippen LogP contribution in [0.2, 0.25) is 10.0 Å². The van der Waals surface area contributed by atoms with Gasteiger partial charge in [0.25, 0.3) is 0 Å². The third-order valence-corrected chi connectivity index (χ3v) is 3.62. The van der Waals surface area contributed by atoms with E-state index < -0.39 is 0 Å². The first-order valence-electron chi connectivity index (χ1n) is 6.71. The van der Waals surface area contributed by atoms with Gasteiger partial charge in [0.05, 0.1) is 16.9 Å². The average molecular weight is 337 g/mol. The number of halogens is 2. The highest BCUT2D eigenvalue weighted by atomic mass is 35.5. The normalized spacial score (nSPS) is 10.3. The summed E-state index contributed by atoms with van der Waals surface area (Å²) in [5, 5.41) is 14.4. The van der Waals surface area contributed by atoms with Gasteiger partial charge in [-0.2, -0.15) is 10.4 Å². The third-order valence-electron chi connectivity index (χ3n) is 3.09. The van der Waals surface area contributed by atoms with Crippen LogP contribution in [0.1, 0.15) is 25.8 Å². The number of hydrogen-bond donors (Lipinski definition) is 0. The first-order valence-corrected chi connectivity index (χ1v) is 7.46. The number of carbonyl (C=O) groups excluding carboxylic acids is 1. The van der Waals surface area contributed by atoms with E-state index in [9.17, 15) is 10.1 Å². The fourth-order valence-corrected chi connectivity index (χ4v) is 2.63. The Morgan fingerprint density at radius 1 is 1.45 bits per heavy atom. The van der Waals surface area contributed by atoms with Crippen LogP contribution in [0.3, 0.4) is 0 Å². The van der Waals surface area contributed by atoms with E-state index in [0.717, 1.165) is 6.42 Å². The van der Waals surface area contributed by atoms with Crippen molar-refractivity contribution in [2.75, 3.05) is 11.4 Å². The molecule has 114 valence electrons. The van der Waals surface area contributed by atoms with Crippen molar-refractivity contribution in [2.45, 2.75) is 20.3 Å². The van der Waals surface area contributed by atoms with E-state index in [-0.39, 0.29) is 5.91 Å². The summed E-state index contributed by atoms with van der Waals surface area (Å²) in [5.74, 6) is 0.256. The Morgan fingerprint density at radius 3 is 2.73 bits per heavy atom. The molecule has 1 amide bonds. The molecule has 5 nitrogen and oxygen atoms in total. The van der Waals surface area contributed by atoms with Crippen LogP contribution in [0.5, 0.6) is 0 Å². The van der Waals surface area contributed by atoms with Crippen molar-refractivity contribution in [1.29, 1.82) is 5.26 Å². The first-order chi connectivity index (χ1) is 10.5. The number of benzene rings is 1. The highest BCUT2D eigenvalue weighted by molar-refractivity contribution is 6.35. The summed E-state index contributed by atoms with van der Waals surface area (Å²) >= 11 is 12.1. The number of carbonyl (C=O) groups is 1. The minimum atomic E-state index is -0.162. The number of nitriles is 1. The van der Waals surface area contributed by atoms with Crippen molar-refractivity contribution in [1.82, 2.24) is 9.78 Å². The summed E-state index contributed by atoms with van der Waals surface area (Å²) in [6.45, 7) is 3.90. The lowest BCUT2D eigenvalue weighted by Gasteiger charge is -2.22. The number of nitrogens with zero attached hydrogens (tertiary/aromatic N) is 4. The molecule has 0 unspecified atom stereocenters. The third kappa shape index (κ3) is 3.08. The number of amides is 1. The number of rotatable bonds is 4. The maximum absolute atomic E-state index is 11.9. The van der Waals surface area contributed by atoms with Gasteiger partial charge in [-0.1, -0.05) is 30.1 Å². The highest BCUT2D eigenvalue weighted by Crippen LogP contribution is 2.30. The lowest BCUT2D eigenvalue weighted by atomic mass is 10.2. The summed E-state index contributed by atoms with van der Waals surface area (Å²) in [6.07, 6.45) is 2.18. The molecule has 0 fully saturated rings. The molecule has 0 aliphatic carbocycles. The molecular formula is C15H14Cl2N4O. The van der Waals surface area contributed by atoms with Crippen LogP contribution >= 0.6 is 23.2 Å². The van der Waals surface area contributed by atoms with Gasteiger partial charge >= 0.3 is 0 Å². The standard InChI is InChI=1S/C15H14Cl2N4O/c1-3-6-20(10(2)22)15-11(8-18)9-19-21(15)14-5-4-12(16)7-13(14)17/h4-5,7,9H,3,6H2,1-2H3. The van der Waals surface area contributed by atoms with Crippen LogP contribution in [-0.4, -0.2) is 22.2 Å². The highest BCUT2D eigenvalue weighted by Gasteiger charge is 2.22. The van der Waals surface area contributed by atoms with E-state index in [1.165, 1.54) is 22.7 Å². The van der Waals surface area contributed by atoms with Gasteiger partial charge in [-0.05, 0) is 24.6 Å². The van der Waals surface area contributed by atoms with Gasteiger partial charge in [-0.3, -0.25) is 9.69 Å². The molecule has 0 atom stereocenters. The van der Waals surface area contributed by atoms with Gasteiger partial charge in [-0.25, -0.2) is 4.68 Å². The molecule has 1 aromatic heterocycles. The molecule has 1 aromatic carbocycles. The maximum Gasteiger partial charge on any atom is 0.225 e.